The molecular formula is C12H18N2O2S. The Balaban J connectivity index is 2.47. The van der Waals surface area contributed by atoms with E-state index in [0.717, 1.165) is 11.3 Å². The minimum Gasteiger partial charge on any atom is -0.383 e. The number of hydrogen-bond donors (Lipinski definition) is 1. The molecule has 0 aliphatic rings. The molecule has 1 heterocycles. The lowest BCUT2D eigenvalue weighted by Crippen LogP contribution is -2.36. The molecule has 0 radical (unpaired) electrons. The number of carbonyl (C=O) groups is 1. The molecule has 1 atom stereocenters. The summed E-state index contributed by atoms with van der Waals surface area (Å²) in [6.07, 6.45) is 4.97. The molecule has 0 aromatic carbocycles. The number of thioether (sulfide) groups is 1. The summed E-state index contributed by atoms with van der Waals surface area (Å²) in [5, 5.41) is 9.68. The van der Waals surface area contributed by atoms with Crippen LogP contribution in [-0.4, -0.2) is 46.1 Å². The molecule has 0 unspecified atom stereocenters. The molecule has 0 aliphatic carbocycles. The Morgan fingerprint density at radius 2 is 2.41 bits per heavy atom. The van der Waals surface area contributed by atoms with Gasteiger partial charge in [0.2, 0.25) is 0 Å². The maximum atomic E-state index is 11.8. The van der Waals surface area contributed by atoms with Gasteiger partial charge in [0.05, 0.1) is 0 Å². The first-order valence-corrected chi connectivity index (χ1v) is 6.85. The zero-order valence-electron chi connectivity index (χ0n) is 10.2. The quantitative estimate of drug-likeness (QED) is 0.827. The molecule has 1 aromatic rings. The molecule has 1 N–H and O–H groups in total. The fourth-order valence-electron chi connectivity index (χ4n) is 1.45. The molecule has 0 aliphatic heterocycles. The number of pyridine rings is 1. The monoisotopic (exact) mass is 254 g/mol. The average molecular weight is 254 g/mol. The Morgan fingerprint density at radius 1 is 1.65 bits per heavy atom. The molecule has 0 bridgehead atoms. The van der Waals surface area contributed by atoms with Crippen molar-refractivity contribution >= 4 is 17.7 Å². The minimum atomic E-state index is -0.899. The Morgan fingerprint density at radius 3 is 3.00 bits per heavy atom. The van der Waals surface area contributed by atoms with Crippen molar-refractivity contribution in [2.75, 3.05) is 19.1 Å². The number of rotatable bonds is 6. The van der Waals surface area contributed by atoms with Crippen LogP contribution in [0.5, 0.6) is 0 Å². The highest BCUT2D eigenvalue weighted by molar-refractivity contribution is 7.98. The lowest BCUT2D eigenvalue weighted by Gasteiger charge is -2.20. The molecule has 0 saturated heterocycles. The van der Waals surface area contributed by atoms with Crippen LogP contribution >= 0.6 is 11.8 Å². The fraction of sp³-hybridized carbons (Fsp3) is 0.500. The van der Waals surface area contributed by atoms with E-state index in [1.54, 1.807) is 31.2 Å². The number of carbonyl (C=O) groups excluding carboxylic acids is 1. The zero-order chi connectivity index (χ0) is 12.7. The number of aliphatic hydroxyl groups excluding tert-OH is 1. The topological polar surface area (TPSA) is 53.4 Å². The van der Waals surface area contributed by atoms with Gasteiger partial charge in [-0.1, -0.05) is 6.07 Å². The van der Waals surface area contributed by atoms with Gasteiger partial charge >= 0.3 is 0 Å². The van der Waals surface area contributed by atoms with Crippen molar-refractivity contribution in [3.8, 4) is 0 Å². The van der Waals surface area contributed by atoms with Crippen LogP contribution in [0.25, 0.3) is 0 Å². The van der Waals surface area contributed by atoms with Crippen LogP contribution in [-0.2, 0) is 11.3 Å². The van der Waals surface area contributed by atoms with E-state index >= 15 is 0 Å². The maximum absolute atomic E-state index is 11.8. The average Bonchev–Trinajstić information content (AvgIpc) is 2.36. The van der Waals surface area contributed by atoms with Crippen molar-refractivity contribution in [3.05, 3.63) is 30.1 Å². The number of aliphatic hydroxyl groups is 1. The highest BCUT2D eigenvalue weighted by Crippen LogP contribution is 2.06. The van der Waals surface area contributed by atoms with Crippen LogP contribution in [0.2, 0.25) is 0 Å². The van der Waals surface area contributed by atoms with Gasteiger partial charge in [0, 0.05) is 26.0 Å². The molecule has 17 heavy (non-hydrogen) atoms. The first-order chi connectivity index (χ1) is 8.15. The highest BCUT2D eigenvalue weighted by Gasteiger charge is 2.18. The van der Waals surface area contributed by atoms with Gasteiger partial charge in [-0.05, 0) is 30.1 Å². The minimum absolute atomic E-state index is 0.233. The molecule has 5 heteroatoms. The largest absolute Gasteiger partial charge is 0.383 e. The summed E-state index contributed by atoms with van der Waals surface area (Å²) in [6.45, 7) is 0.475. The summed E-state index contributed by atoms with van der Waals surface area (Å²) in [5.74, 6) is 0.552. The van der Waals surface area contributed by atoms with Crippen molar-refractivity contribution in [1.82, 2.24) is 9.88 Å². The Bertz CT molecular complexity index is 346. The van der Waals surface area contributed by atoms with E-state index in [1.807, 2.05) is 18.4 Å². The standard InChI is InChI=1S/C12H18N2O2S/c1-14(9-10-4-3-6-13-8-10)12(16)11(15)5-7-17-2/h3-4,6,8,11,15H,5,7,9H2,1-2H3/t11-/m0/s1. The smallest absolute Gasteiger partial charge is 0.251 e. The molecule has 4 nitrogen and oxygen atoms in total. The van der Waals surface area contributed by atoms with E-state index in [2.05, 4.69) is 4.98 Å². The predicted molar refractivity (Wildman–Crippen MR) is 69.7 cm³/mol. The second-order valence-corrected chi connectivity index (χ2v) is 4.84. The molecular weight excluding hydrogens is 236 g/mol. The molecule has 1 aromatic heterocycles. The molecule has 1 rings (SSSR count). The molecule has 1 amide bonds. The molecule has 0 saturated carbocycles. The lowest BCUT2D eigenvalue weighted by molar-refractivity contribution is -0.139. The van der Waals surface area contributed by atoms with Crippen molar-refractivity contribution in [2.24, 2.45) is 0 Å². The third-order valence-electron chi connectivity index (χ3n) is 2.40. The Labute approximate surface area is 106 Å². The van der Waals surface area contributed by atoms with Crippen LogP contribution in [0.1, 0.15) is 12.0 Å². The Kier molecular flexibility index (Phi) is 6.00. The van der Waals surface area contributed by atoms with Gasteiger partial charge in [-0.25, -0.2) is 0 Å². The van der Waals surface area contributed by atoms with Crippen LogP contribution in [0.3, 0.4) is 0 Å². The summed E-state index contributed by atoms with van der Waals surface area (Å²) < 4.78 is 0. The van der Waals surface area contributed by atoms with E-state index < -0.39 is 6.10 Å². The van der Waals surface area contributed by atoms with Gasteiger partial charge in [-0.3, -0.25) is 9.78 Å². The molecule has 0 fully saturated rings. The summed E-state index contributed by atoms with van der Waals surface area (Å²) in [5.41, 5.74) is 0.959. The Hall–Kier alpha value is -1.07. The van der Waals surface area contributed by atoms with Crippen LogP contribution < -0.4 is 0 Å². The maximum Gasteiger partial charge on any atom is 0.251 e. The van der Waals surface area contributed by atoms with Gasteiger partial charge in [0.15, 0.2) is 0 Å². The summed E-state index contributed by atoms with van der Waals surface area (Å²) in [7, 11) is 1.69. The number of amides is 1. The van der Waals surface area contributed by atoms with Gasteiger partial charge in [-0.15, -0.1) is 0 Å². The molecule has 0 spiro atoms. The van der Waals surface area contributed by atoms with E-state index in [1.165, 1.54) is 4.90 Å². The second kappa shape index (κ2) is 7.29. The number of nitrogens with zero attached hydrogens (tertiary/aromatic N) is 2. The van der Waals surface area contributed by atoms with Crippen molar-refractivity contribution in [3.63, 3.8) is 0 Å². The predicted octanol–water partition coefficient (Wildman–Crippen LogP) is 1.15. The van der Waals surface area contributed by atoms with Crippen molar-refractivity contribution < 1.29 is 9.90 Å². The fourth-order valence-corrected chi connectivity index (χ4v) is 1.91. The first kappa shape index (κ1) is 14.0. The lowest BCUT2D eigenvalue weighted by atomic mass is 10.2. The zero-order valence-corrected chi connectivity index (χ0v) is 11.0. The summed E-state index contributed by atoms with van der Waals surface area (Å²) >= 11 is 1.62. The van der Waals surface area contributed by atoms with Gasteiger partial charge in [-0.2, -0.15) is 11.8 Å². The normalized spacial score (nSPS) is 12.2. The third kappa shape index (κ3) is 4.75. The SMILES string of the molecule is CSCC[C@H](O)C(=O)N(C)Cc1cccnc1. The van der Waals surface area contributed by atoms with E-state index in [9.17, 15) is 9.90 Å². The first-order valence-electron chi connectivity index (χ1n) is 5.46. The van der Waals surface area contributed by atoms with Crippen LogP contribution in [0.15, 0.2) is 24.5 Å². The number of likely N-dealkylation sites (N-methyl/N-ethyl adjacent to an activating group) is 1. The van der Waals surface area contributed by atoms with Crippen LogP contribution in [0, 0.1) is 0 Å². The summed E-state index contributed by atoms with van der Waals surface area (Å²) in [6, 6.07) is 3.74. The van der Waals surface area contributed by atoms with Crippen molar-refractivity contribution in [1.29, 1.82) is 0 Å². The third-order valence-corrected chi connectivity index (χ3v) is 3.04. The van der Waals surface area contributed by atoms with Gasteiger partial charge < -0.3 is 10.0 Å². The number of hydrogen-bond acceptors (Lipinski definition) is 4. The van der Waals surface area contributed by atoms with Crippen molar-refractivity contribution in [2.45, 2.75) is 19.1 Å². The van der Waals surface area contributed by atoms with E-state index in [-0.39, 0.29) is 5.91 Å². The second-order valence-electron chi connectivity index (χ2n) is 3.85. The number of aromatic nitrogens is 1. The molecule has 94 valence electrons. The van der Waals surface area contributed by atoms with Crippen LogP contribution in [0.4, 0.5) is 0 Å². The van der Waals surface area contributed by atoms with Gasteiger partial charge in [0.25, 0.3) is 5.91 Å². The van der Waals surface area contributed by atoms with E-state index in [0.29, 0.717) is 13.0 Å². The highest BCUT2D eigenvalue weighted by atomic mass is 32.2. The van der Waals surface area contributed by atoms with E-state index in [4.69, 9.17) is 0 Å². The van der Waals surface area contributed by atoms with Gasteiger partial charge in [0.1, 0.15) is 6.10 Å². The summed E-state index contributed by atoms with van der Waals surface area (Å²) in [4.78, 5) is 17.3.